The van der Waals surface area contributed by atoms with Gasteiger partial charge in [-0.25, -0.2) is 0 Å². The molecule has 1 unspecified atom stereocenters. The lowest BCUT2D eigenvalue weighted by molar-refractivity contribution is -0.143. The minimum atomic E-state index is -4.15. The average Bonchev–Trinajstić information content (AvgIpc) is 2.99. The standard InChI is InChI=1S/C18H27F3N4O.HI/c1-13-4-5-16(26-3)14(10-13)6-8-23-17(22-2)24-15-7-9-25(11-15)12-18(19,20)21;/h4-5,10,15H,6-9,11-12H2,1-3H3,(H2,22,23,24);1H. The number of rotatable bonds is 6. The second-order valence-electron chi connectivity index (χ2n) is 6.54. The van der Waals surface area contributed by atoms with Gasteiger partial charge in [0.15, 0.2) is 5.96 Å². The van der Waals surface area contributed by atoms with E-state index in [0.29, 0.717) is 32.0 Å². The van der Waals surface area contributed by atoms with Crippen LogP contribution in [0.4, 0.5) is 13.2 Å². The molecule has 2 N–H and O–H groups in total. The maximum absolute atomic E-state index is 12.5. The first-order valence-corrected chi connectivity index (χ1v) is 8.70. The summed E-state index contributed by atoms with van der Waals surface area (Å²) in [6.07, 6.45) is -2.72. The zero-order valence-corrected chi connectivity index (χ0v) is 18.2. The van der Waals surface area contributed by atoms with E-state index in [9.17, 15) is 13.2 Å². The van der Waals surface area contributed by atoms with Gasteiger partial charge in [-0.1, -0.05) is 17.7 Å². The first-order chi connectivity index (χ1) is 12.3. The van der Waals surface area contributed by atoms with Crippen molar-refractivity contribution in [2.24, 2.45) is 4.99 Å². The van der Waals surface area contributed by atoms with Crippen LogP contribution in [0.5, 0.6) is 5.75 Å². The van der Waals surface area contributed by atoms with Crippen LogP contribution in [0.1, 0.15) is 17.5 Å². The number of halogens is 4. The van der Waals surface area contributed by atoms with Crippen molar-refractivity contribution >= 4 is 29.9 Å². The van der Waals surface area contributed by atoms with Gasteiger partial charge in [-0.2, -0.15) is 13.2 Å². The SMILES string of the molecule is CN=C(NCCc1cc(C)ccc1OC)NC1CCN(CC(F)(F)F)C1.I. The maximum Gasteiger partial charge on any atom is 0.401 e. The third-order valence-electron chi connectivity index (χ3n) is 4.36. The van der Waals surface area contributed by atoms with Gasteiger partial charge in [-0.05, 0) is 31.4 Å². The zero-order chi connectivity index (χ0) is 19.2. The predicted octanol–water partition coefficient (Wildman–Crippen LogP) is 2.97. The molecule has 1 aromatic carbocycles. The van der Waals surface area contributed by atoms with E-state index in [4.69, 9.17) is 4.74 Å². The summed E-state index contributed by atoms with van der Waals surface area (Å²) in [5.41, 5.74) is 2.27. The molecule has 5 nitrogen and oxygen atoms in total. The highest BCUT2D eigenvalue weighted by Crippen LogP contribution is 2.20. The number of ether oxygens (including phenoxy) is 1. The molecule has 27 heavy (non-hydrogen) atoms. The molecule has 0 amide bonds. The largest absolute Gasteiger partial charge is 0.496 e. The second-order valence-corrected chi connectivity index (χ2v) is 6.54. The zero-order valence-electron chi connectivity index (χ0n) is 15.9. The summed E-state index contributed by atoms with van der Waals surface area (Å²) in [5.74, 6) is 1.45. The van der Waals surface area contributed by atoms with Gasteiger partial charge in [0.2, 0.25) is 0 Å². The lowest BCUT2D eigenvalue weighted by atomic mass is 10.1. The third-order valence-corrected chi connectivity index (χ3v) is 4.36. The van der Waals surface area contributed by atoms with Crippen LogP contribution in [-0.4, -0.2) is 63.4 Å². The molecule has 0 aromatic heterocycles. The Morgan fingerprint density at radius 1 is 1.37 bits per heavy atom. The molecule has 1 saturated heterocycles. The molecular formula is C18H28F3IN4O. The molecule has 0 bridgehead atoms. The van der Waals surface area contributed by atoms with E-state index in [-0.39, 0.29) is 30.0 Å². The molecule has 154 valence electrons. The summed E-state index contributed by atoms with van der Waals surface area (Å²) in [6.45, 7) is 2.63. The second kappa shape index (κ2) is 10.9. The molecule has 0 spiro atoms. The third kappa shape index (κ3) is 8.12. The first kappa shape index (κ1) is 23.8. The summed E-state index contributed by atoms with van der Waals surface area (Å²) in [6, 6.07) is 6.01. The van der Waals surface area contributed by atoms with Crippen molar-refractivity contribution < 1.29 is 17.9 Å². The Kier molecular flexibility index (Phi) is 9.65. The van der Waals surface area contributed by atoms with Crippen LogP contribution in [0.25, 0.3) is 0 Å². The van der Waals surface area contributed by atoms with E-state index in [1.165, 1.54) is 10.5 Å². The topological polar surface area (TPSA) is 48.9 Å². The van der Waals surface area contributed by atoms with Gasteiger partial charge in [-0.3, -0.25) is 9.89 Å². The number of benzene rings is 1. The van der Waals surface area contributed by atoms with Crippen molar-refractivity contribution in [3.63, 3.8) is 0 Å². The van der Waals surface area contributed by atoms with Crippen molar-refractivity contribution in [3.05, 3.63) is 29.3 Å². The Labute approximate surface area is 175 Å². The highest BCUT2D eigenvalue weighted by Gasteiger charge is 2.34. The monoisotopic (exact) mass is 500 g/mol. The quantitative estimate of drug-likeness (QED) is 0.359. The van der Waals surface area contributed by atoms with Crippen molar-refractivity contribution in [2.75, 3.05) is 40.3 Å². The Hall–Kier alpha value is -1.23. The van der Waals surface area contributed by atoms with Crippen LogP contribution in [0, 0.1) is 6.92 Å². The smallest absolute Gasteiger partial charge is 0.401 e. The number of methoxy groups -OCH3 is 1. The fraction of sp³-hybridized carbons (Fsp3) is 0.611. The van der Waals surface area contributed by atoms with Gasteiger partial charge in [0.25, 0.3) is 0 Å². The molecule has 1 fully saturated rings. The number of likely N-dealkylation sites (tertiary alicyclic amines) is 1. The number of guanidine groups is 1. The normalized spacial score (nSPS) is 18.1. The average molecular weight is 500 g/mol. The van der Waals surface area contributed by atoms with Gasteiger partial charge in [0, 0.05) is 32.7 Å². The van der Waals surface area contributed by atoms with Crippen molar-refractivity contribution in [1.82, 2.24) is 15.5 Å². The van der Waals surface area contributed by atoms with E-state index in [0.717, 1.165) is 17.7 Å². The van der Waals surface area contributed by atoms with Gasteiger partial charge in [-0.15, -0.1) is 24.0 Å². The molecular weight excluding hydrogens is 472 g/mol. The van der Waals surface area contributed by atoms with Crippen LogP contribution in [0.2, 0.25) is 0 Å². The van der Waals surface area contributed by atoms with Gasteiger partial charge in [0.1, 0.15) is 5.75 Å². The fourth-order valence-corrected chi connectivity index (χ4v) is 3.15. The van der Waals surface area contributed by atoms with Crippen molar-refractivity contribution in [2.45, 2.75) is 32.0 Å². The molecule has 0 radical (unpaired) electrons. The highest BCUT2D eigenvalue weighted by molar-refractivity contribution is 14.0. The molecule has 9 heteroatoms. The van der Waals surface area contributed by atoms with Crippen LogP contribution in [-0.2, 0) is 6.42 Å². The van der Waals surface area contributed by atoms with Crippen molar-refractivity contribution in [3.8, 4) is 5.75 Å². The van der Waals surface area contributed by atoms with Crippen LogP contribution in [0.15, 0.2) is 23.2 Å². The van der Waals surface area contributed by atoms with Crippen LogP contribution in [0.3, 0.4) is 0 Å². The summed E-state index contributed by atoms with van der Waals surface area (Å²) >= 11 is 0. The van der Waals surface area contributed by atoms with E-state index in [1.54, 1.807) is 14.2 Å². The van der Waals surface area contributed by atoms with Crippen LogP contribution >= 0.6 is 24.0 Å². The minimum absolute atomic E-state index is 0. The highest BCUT2D eigenvalue weighted by atomic mass is 127. The molecule has 1 aliphatic heterocycles. The molecule has 1 aliphatic rings. The number of nitrogens with one attached hydrogen (secondary N) is 2. The van der Waals surface area contributed by atoms with E-state index >= 15 is 0 Å². The summed E-state index contributed by atoms with van der Waals surface area (Å²) < 4.78 is 42.8. The predicted molar refractivity (Wildman–Crippen MR) is 112 cm³/mol. The Morgan fingerprint density at radius 2 is 2.11 bits per heavy atom. The van der Waals surface area contributed by atoms with E-state index in [2.05, 4.69) is 21.7 Å². The van der Waals surface area contributed by atoms with E-state index in [1.807, 2.05) is 19.1 Å². The molecule has 1 atom stereocenters. The number of aryl methyl sites for hydroxylation is 1. The Balaban J connectivity index is 0.00000364. The minimum Gasteiger partial charge on any atom is -0.496 e. The van der Waals surface area contributed by atoms with Gasteiger partial charge >= 0.3 is 6.18 Å². The molecule has 1 heterocycles. The van der Waals surface area contributed by atoms with Crippen LogP contribution < -0.4 is 15.4 Å². The Morgan fingerprint density at radius 3 is 2.74 bits per heavy atom. The number of hydrogen-bond acceptors (Lipinski definition) is 3. The summed E-state index contributed by atoms with van der Waals surface area (Å²) in [4.78, 5) is 5.58. The molecule has 2 rings (SSSR count). The first-order valence-electron chi connectivity index (χ1n) is 8.70. The molecule has 1 aromatic rings. The number of nitrogens with zero attached hydrogens (tertiary/aromatic N) is 2. The fourth-order valence-electron chi connectivity index (χ4n) is 3.15. The Bertz CT molecular complexity index is 625. The number of hydrogen-bond donors (Lipinski definition) is 2. The van der Waals surface area contributed by atoms with Gasteiger partial charge in [0.05, 0.1) is 13.7 Å². The lowest BCUT2D eigenvalue weighted by Crippen LogP contribution is -2.45. The molecule has 0 saturated carbocycles. The number of aliphatic imine (C=N–C) groups is 1. The maximum atomic E-state index is 12.5. The van der Waals surface area contributed by atoms with Crippen molar-refractivity contribution in [1.29, 1.82) is 0 Å². The molecule has 0 aliphatic carbocycles. The van der Waals surface area contributed by atoms with Gasteiger partial charge < -0.3 is 15.4 Å². The summed E-state index contributed by atoms with van der Waals surface area (Å²) in [7, 11) is 3.31. The van der Waals surface area contributed by atoms with E-state index < -0.39 is 12.7 Å². The summed E-state index contributed by atoms with van der Waals surface area (Å²) in [5, 5.41) is 6.43. The number of alkyl halides is 3. The lowest BCUT2D eigenvalue weighted by Gasteiger charge is -2.20.